The van der Waals surface area contributed by atoms with Crippen LogP contribution in [0.2, 0.25) is 0 Å². The Balaban J connectivity index is 1.44. The highest BCUT2D eigenvalue weighted by molar-refractivity contribution is 6.08. The van der Waals surface area contributed by atoms with Crippen LogP contribution in [-0.4, -0.2) is 21.8 Å². The fourth-order valence-electron chi connectivity index (χ4n) is 3.49. The van der Waals surface area contributed by atoms with Crippen LogP contribution in [0, 0.1) is 0 Å². The number of amides is 2. The first-order chi connectivity index (χ1) is 16.1. The second-order valence-electron chi connectivity index (χ2n) is 7.17. The van der Waals surface area contributed by atoms with Crippen LogP contribution in [0.1, 0.15) is 20.7 Å². The molecule has 0 aliphatic rings. The number of hydrazine groups is 1. The zero-order chi connectivity index (χ0) is 22.8. The highest BCUT2D eigenvalue weighted by atomic mass is 16.3. The minimum atomic E-state index is -0.786. The van der Waals surface area contributed by atoms with Gasteiger partial charge in [0, 0.05) is 11.6 Å². The van der Waals surface area contributed by atoms with E-state index in [2.05, 4.69) is 20.8 Å². The van der Waals surface area contributed by atoms with Gasteiger partial charge >= 0.3 is 0 Å². The van der Waals surface area contributed by atoms with Crippen molar-refractivity contribution in [1.82, 2.24) is 20.8 Å². The molecule has 2 amide bonds. The largest absolute Gasteiger partial charge is 0.463 e. The third-order valence-corrected chi connectivity index (χ3v) is 5.10. The van der Waals surface area contributed by atoms with Crippen LogP contribution < -0.4 is 16.3 Å². The van der Waals surface area contributed by atoms with Gasteiger partial charge in [0.15, 0.2) is 0 Å². The molecule has 2 N–H and O–H groups in total. The maximum absolute atomic E-state index is 13.0. The summed E-state index contributed by atoms with van der Waals surface area (Å²) in [5, 5.41) is 0.880. The number of para-hydroxylation sites is 2. The molecular weight excluding hydrogens is 420 g/mol. The maximum atomic E-state index is 13.0. The molecule has 0 aliphatic heterocycles. The first kappa shape index (κ1) is 20.1. The number of hydrogen-bond donors (Lipinski definition) is 2. The number of hydrogen-bond acceptors (Lipinski definition) is 6. The standard InChI is InChI=1S/C25H16N4O4/c30-23-16-8-2-4-11-22(16)33-14-18(23)25(32)29-28-24(31)17-13-21(20-10-5-6-12-26-20)27-19-9-3-1-7-15(17)19/h1-14H,(H,28,31)(H,29,32). The van der Waals surface area contributed by atoms with Crippen LogP contribution >= 0.6 is 0 Å². The van der Waals surface area contributed by atoms with Gasteiger partial charge in [0.1, 0.15) is 17.4 Å². The third-order valence-electron chi connectivity index (χ3n) is 5.10. The lowest BCUT2D eigenvalue weighted by molar-refractivity contribution is 0.0846. The molecule has 3 heterocycles. The number of rotatable bonds is 3. The van der Waals surface area contributed by atoms with Crippen molar-refractivity contribution in [2.45, 2.75) is 0 Å². The van der Waals surface area contributed by atoms with Crippen LogP contribution in [0.25, 0.3) is 33.3 Å². The number of carbonyl (C=O) groups is 2. The molecular formula is C25H16N4O4. The van der Waals surface area contributed by atoms with Crippen molar-refractivity contribution >= 4 is 33.7 Å². The van der Waals surface area contributed by atoms with Gasteiger partial charge in [-0.1, -0.05) is 36.4 Å². The highest BCUT2D eigenvalue weighted by Crippen LogP contribution is 2.23. The molecule has 5 aromatic rings. The smallest absolute Gasteiger partial charge is 0.276 e. The van der Waals surface area contributed by atoms with Crippen LogP contribution in [0.15, 0.2) is 94.5 Å². The van der Waals surface area contributed by atoms with Crippen molar-refractivity contribution in [1.29, 1.82) is 0 Å². The average Bonchev–Trinajstić information content (AvgIpc) is 2.87. The second-order valence-corrected chi connectivity index (χ2v) is 7.17. The first-order valence-electron chi connectivity index (χ1n) is 10.0. The van der Waals surface area contributed by atoms with Crippen LogP contribution in [-0.2, 0) is 0 Å². The predicted octanol–water partition coefficient (Wildman–Crippen LogP) is 3.48. The number of aromatic nitrogens is 2. The van der Waals surface area contributed by atoms with Crippen molar-refractivity contribution in [3.8, 4) is 11.4 Å². The van der Waals surface area contributed by atoms with E-state index in [1.165, 1.54) is 0 Å². The van der Waals surface area contributed by atoms with Gasteiger partial charge in [0.25, 0.3) is 11.8 Å². The van der Waals surface area contributed by atoms with Crippen molar-refractivity contribution in [2.75, 3.05) is 0 Å². The van der Waals surface area contributed by atoms with Gasteiger partial charge in [-0.05, 0) is 36.4 Å². The number of pyridine rings is 2. The van der Waals surface area contributed by atoms with Gasteiger partial charge in [0.2, 0.25) is 5.43 Å². The van der Waals surface area contributed by atoms with E-state index in [-0.39, 0.29) is 10.9 Å². The molecule has 160 valence electrons. The molecule has 8 nitrogen and oxygen atoms in total. The molecule has 3 aromatic heterocycles. The summed E-state index contributed by atoms with van der Waals surface area (Å²) in [6.07, 6.45) is 2.72. The lowest BCUT2D eigenvalue weighted by Crippen LogP contribution is -2.43. The minimum Gasteiger partial charge on any atom is -0.463 e. The lowest BCUT2D eigenvalue weighted by atomic mass is 10.1. The molecule has 0 spiro atoms. The van der Waals surface area contributed by atoms with Gasteiger partial charge in [-0.2, -0.15) is 0 Å². The average molecular weight is 436 g/mol. The van der Waals surface area contributed by atoms with E-state index in [1.54, 1.807) is 66.9 Å². The molecule has 5 rings (SSSR count). The Morgan fingerprint density at radius 1 is 0.758 bits per heavy atom. The molecule has 0 radical (unpaired) electrons. The van der Waals surface area contributed by atoms with E-state index in [0.717, 1.165) is 6.26 Å². The Hall–Kier alpha value is -4.85. The van der Waals surface area contributed by atoms with Crippen molar-refractivity contribution in [3.63, 3.8) is 0 Å². The summed E-state index contributed by atoms with van der Waals surface area (Å²) in [4.78, 5) is 47.1. The van der Waals surface area contributed by atoms with E-state index >= 15 is 0 Å². The number of benzene rings is 2. The molecule has 0 aliphatic carbocycles. The summed E-state index contributed by atoms with van der Waals surface area (Å²) in [5.41, 5.74) is 6.35. The quantitative estimate of drug-likeness (QED) is 0.419. The lowest BCUT2D eigenvalue weighted by Gasteiger charge is -2.11. The molecule has 0 saturated heterocycles. The topological polar surface area (TPSA) is 114 Å². The maximum Gasteiger partial charge on any atom is 0.276 e. The van der Waals surface area contributed by atoms with Gasteiger partial charge in [-0.25, -0.2) is 4.98 Å². The molecule has 0 unspecified atom stereocenters. The summed E-state index contributed by atoms with van der Waals surface area (Å²) in [5.74, 6) is -1.35. The van der Waals surface area contributed by atoms with E-state index < -0.39 is 17.2 Å². The van der Waals surface area contributed by atoms with Gasteiger partial charge < -0.3 is 4.42 Å². The van der Waals surface area contributed by atoms with E-state index in [1.807, 2.05) is 12.1 Å². The molecule has 2 aromatic carbocycles. The van der Waals surface area contributed by atoms with Crippen LogP contribution in [0.5, 0.6) is 0 Å². The molecule has 0 atom stereocenters. The Morgan fingerprint density at radius 2 is 1.45 bits per heavy atom. The fourth-order valence-corrected chi connectivity index (χ4v) is 3.49. The third kappa shape index (κ3) is 3.81. The Morgan fingerprint density at radius 3 is 2.24 bits per heavy atom. The molecule has 0 fully saturated rings. The minimum absolute atomic E-state index is 0.220. The number of carbonyl (C=O) groups excluding carboxylic acids is 2. The van der Waals surface area contributed by atoms with Crippen molar-refractivity contribution in [2.24, 2.45) is 0 Å². The van der Waals surface area contributed by atoms with E-state index in [9.17, 15) is 14.4 Å². The van der Waals surface area contributed by atoms with Gasteiger partial charge in [-0.3, -0.25) is 30.2 Å². The fraction of sp³-hybridized carbons (Fsp3) is 0. The monoisotopic (exact) mass is 436 g/mol. The zero-order valence-electron chi connectivity index (χ0n) is 17.1. The Labute approximate surface area is 186 Å². The Kier molecular flexibility index (Phi) is 5.08. The zero-order valence-corrected chi connectivity index (χ0v) is 17.1. The summed E-state index contributed by atoms with van der Waals surface area (Å²) >= 11 is 0. The van der Waals surface area contributed by atoms with E-state index in [4.69, 9.17) is 4.42 Å². The second kappa shape index (κ2) is 8.35. The number of nitrogens with one attached hydrogen (secondary N) is 2. The summed E-state index contributed by atoms with van der Waals surface area (Å²) in [6.45, 7) is 0. The SMILES string of the molecule is O=C(NNC(=O)c1cc(-c2ccccn2)nc2ccccc12)c1coc2ccccc2c1=O. The molecule has 0 saturated carbocycles. The normalized spacial score (nSPS) is 10.8. The first-order valence-corrected chi connectivity index (χ1v) is 10.0. The highest BCUT2D eigenvalue weighted by Gasteiger charge is 2.18. The van der Waals surface area contributed by atoms with E-state index in [0.29, 0.717) is 33.4 Å². The van der Waals surface area contributed by atoms with Crippen LogP contribution in [0.3, 0.4) is 0 Å². The molecule has 0 bridgehead atoms. The predicted molar refractivity (Wildman–Crippen MR) is 122 cm³/mol. The number of fused-ring (bicyclic) bond motifs is 2. The molecule has 33 heavy (non-hydrogen) atoms. The number of nitrogens with zero attached hydrogens (tertiary/aromatic N) is 2. The Bertz CT molecular complexity index is 1580. The summed E-state index contributed by atoms with van der Waals surface area (Å²) in [6, 6.07) is 20.8. The molecule has 8 heteroatoms. The van der Waals surface area contributed by atoms with Crippen LogP contribution in [0.4, 0.5) is 0 Å². The summed E-state index contributed by atoms with van der Waals surface area (Å²) < 4.78 is 5.37. The van der Waals surface area contributed by atoms with Crippen molar-refractivity contribution in [3.05, 3.63) is 107 Å². The van der Waals surface area contributed by atoms with Gasteiger partial charge in [-0.15, -0.1) is 0 Å². The van der Waals surface area contributed by atoms with Gasteiger partial charge in [0.05, 0.1) is 27.9 Å². The van der Waals surface area contributed by atoms with Crippen molar-refractivity contribution < 1.29 is 14.0 Å². The summed E-state index contributed by atoms with van der Waals surface area (Å²) in [7, 11) is 0.